The van der Waals surface area contributed by atoms with E-state index in [1.807, 2.05) is 0 Å². The number of hydrogen-bond donors (Lipinski definition) is 0. The molecular weight excluding hydrogens is 464 g/mol. The van der Waals surface area contributed by atoms with Crippen LogP contribution in [0.15, 0.2) is 0 Å². The Bertz CT molecular complexity index is 823. The van der Waals surface area contributed by atoms with Gasteiger partial charge in [-0.15, -0.1) is 16.8 Å². The number of carbonyl (C=O) groups excluding carboxylic acids is 6. The van der Waals surface area contributed by atoms with Crippen molar-refractivity contribution >= 4 is 47.1 Å². The molecule has 0 radical (unpaired) electrons. The molecule has 0 bridgehead atoms. The lowest BCUT2D eigenvalue weighted by Crippen LogP contribution is -2.39. The van der Waals surface area contributed by atoms with Gasteiger partial charge in [-0.05, 0) is 57.6 Å². The Balaban J connectivity index is 1.37. The summed E-state index contributed by atoms with van der Waals surface area (Å²) in [5.74, 6) is -1.56. The molecule has 188 valence electrons. The largest absolute Gasteiger partial charge is 0.371 e. The van der Waals surface area contributed by atoms with Crippen LogP contribution in [0.25, 0.3) is 0 Å². The molecule has 1 saturated carbocycles. The number of Topliss-reactive ketones (excluding diaryl/α,β-unsaturated/α-hetero) is 1. The molecule has 10 nitrogen and oxygen atoms in total. The Morgan fingerprint density at radius 2 is 1.68 bits per heavy atom. The normalized spacial score (nSPS) is 26.4. The van der Waals surface area contributed by atoms with Crippen LogP contribution in [0.4, 0.5) is 0 Å². The third-order valence-electron chi connectivity index (χ3n) is 6.56. The second kappa shape index (κ2) is 11.9. The highest BCUT2D eigenvalue weighted by Crippen LogP contribution is 2.33. The summed E-state index contributed by atoms with van der Waals surface area (Å²) in [6.07, 6.45) is 2.91. The first-order valence-corrected chi connectivity index (χ1v) is 12.9. The fourth-order valence-corrected chi connectivity index (χ4v) is 5.40. The molecule has 1 aliphatic carbocycles. The van der Waals surface area contributed by atoms with Gasteiger partial charge in [-0.2, -0.15) is 0 Å². The van der Waals surface area contributed by atoms with E-state index in [0.29, 0.717) is 56.1 Å². The van der Waals surface area contributed by atoms with Gasteiger partial charge in [0, 0.05) is 32.4 Å². The number of hydroxylamine groups is 2. The summed E-state index contributed by atoms with van der Waals surface area (Å²) in [4.78, 5) is 78.3. The Hall–Kier alpha value is -2.27. The van der Waals surface area contributed by atoms with Gasteiger partial charge in [0.2, 0.25) is 11.8 Å². The summed E-state index contributed by atoms with van der Waals surface area (Å²) in [6.45, 7) is 3.96. The van der Waals surface area contributed by atoms with E-state index in [-0.39, 0.29) is 48.0 Å². The zero-order chi connectivity index (χ0) is 24.8. The lowest BCUT2D eigenvalue weighted by Gasteiger charge is -2.30. The van der Waals surface area contributed by atoms with Crippen molar-refractivity contribution < 1.29 is 38.3 Å². The van der Waals surface area contributed by atoms with Crippen LogP contribution >= 0.6 is 11.8 Å². The number of rotatable bonds is 11. The fourth-order valence-electron chi connectivity index (χ4n) is 4.30. The number of amides is 4. The molecule has 0 aromatic heterocycles. The minimum atomic E-state index is -0.575. The first kappa shape index (κ1) is 26.3. The molecule has 1 unspecified atom stereocenters. The number of imide groups is 2. The third kappa shape index (κ3) is 6.65. The molecule has 4 amide bonds. The Morgan fingerprint density at radius 3 is 2.29 bits per heavy atom. The molecule has 11 heteroatoms. The Morgan fingerprint density at radius 1 is 1.03 bits per heavy atom. The van der Waals surface area contributed by atoms with Crippen LogP contribution in [0.2, 0.25) is 0 Å². The van der Waals surface area contributed by atoms with Crippen molar-refractivity contribution in [2.24, 2.45) is 11.8 Å². The highest BCUT2D eigenvalue weighted by molar-refractivity contribution is 8.00. The molecule has 2 aliphatic heterocycles. The van der Waals surface area contributed by atoms with E-state index in [2.05, 4.69) is 0 Å². The van der Waals surface area contributed by atoms with Crippen LogP contribution in [0, 0.1) is 11.8 Å². The molecule has 2 atom stereocenters. The summed E-state index contributed by atoms with van der Waals surface area (Å²) in [7, 11) is 0. The topological polar surface area (TPSA) is 127 Å². The Labute approximate surface area is 203 Å². The third-order valence-corrected chi connectivity index (χ3v) is 7.85. The molecule has 2 heterocycles. The molecule has 3 rings (SSSR count). The predicted molar refractivity (Wildman–Crippen MR) is 121 cm³/mol. The highest BCUT2D eigenvalue weighted by Gasteiger charge is 2.41. The van der Waals surface area contributed by atoms with Gasteiger partial charge in [-0.1, -0.05) is 0 Å². The van der Waals surface area contributed by atoms with Crippen LogP contribution in [0.3, 0.4) is 0 Å². The van der Waals surface area contributed by atoms with Crippen molar-refractivity contribution in [2.75, 3.05) is 18.9 Å². The number of thioether (sulfide) groups is 1. The summed E-state index contributed by atoms with van der Waals surface area (Å²) < 4.78 is 5.42. The lowest BCUT2D eigenvalue weighted by molar-refractivity contribution is -0.201. The van der Waals surface area contributed by atoms with E-state index in [0.717, 1.165) is 0 Å². The standard InChI is InChI=1S/C23H32N2O8S/c1-14(26)15(2)32-10-3-11-34-18-12-21(29)24(22(18)30)13-16-4-6-17(7-5-16)23(31)33-25-19(27)8-9-20(25)28/h15-18H,3-13H2,1-2H3/t15-,16-,17-,18?/m1/s1. The second-order valence-electron chi connectivity index (χ2n) is 9.09. The molecule has 3 fully saturated rings. The number of likely N-dealkylation sites (tertiary alicyclic amines) is 1. The van der Waals surface area contributed by atoms with Gasteiger partial charge in [0.1, 0.15) is 6.10 Å². The molecule has 0 N–H and O–H groups in total. The van der Waals surface area contributed by atoms with E-state index in [1.165, 1.54) is 23.6 Å². The number of carbonyl (C=O) groups is 6. The zero-order valence-electron chi connectivity index (χ0n) is 19.7. The summed E-state index contributed by atoms with van der Waals surface area (Å²) in [5, 5.41) is 0.184. The van der Waals surface area contributed by atoms with Gasteiger partial charge in [-0.3, -0.25) is 28.9 Å². The van der Waals surface area contributed by atoms with Crippen LogP contribution in [-0.2, 0) is 38.3 Å². The van der Waals surface area contributed by atoms with Crippen LogP contribution < -0.4 is 0 Å². The van der Waals surface area contributed by atoms with Gasteiger partial charge in [0.15, 0.2) is 5.78 Å². The van der Waals surface area contributed by atoms with Gasteiger partial charge in [0.25, 0.3) is 11.8 Å². The van der Waals surface area contributed by atoms with E-state index in [1.54, 1.807) is 6.92 Å². The molecule has 34 heavy (non-hydrogen) atoms. The lowest BCUT2D eigenvalue weighted by atomic mass is 9.82. The maximum absolute atomic E-state index is 12.7. The van der Waals surface area contributed by atoms with Crippen molar-refractivity contribution in [1.82, 2.24) is 9.96 Å². The first-order chi connectivity index (χ1) is 16.2. The predicted octanol–water partition coefficient (Wildman–Crippen LogP) is 1.64. The highest BCUT2D eigenvalue weighted by atomic mass is 32.2. The van der Waals surface area contributed by atoms with Crippen molar-refractivity contribution in [1.29, 1.82) is 0 Å². The van der Waals surface area contributed by atoms with Crippen molar-refractivity contribution in [3.8, 4) is 0 Å². The monoisotopic (exact) mass is 496 g/mol. The quantitative estimate of drug-likeness (QED) is 0.310. The average molecular weight is 497 g/mol. The molecule has 3 aliphatic rings. The smallest absolute Gasteiger partial charge is 0.336 e. The van der Waals surface area contributed by atoms with Gasteiger partial charge >= 0.3 is 5.97 Å². The van der Waals surface area contributed by atoms with Gasteiger partial charge in [0.05, 0.1) is 11.2 Å². The minimum absolute atomic E-state index is 0.0254. The SMILES string of the molecule is CC(=O)[C@@H](C)OCCCSC1CC(=O)N(C[C@H]2CC[C@H](C(=O)ON3C(=O)CCC3=O)CC2)C1=O. The van der Waals surface area contributed by atoms with E-state index < -0.39 is 29.8 Å². The summed E-state index contributed by atoms with van der Waals surface area (Å²) in [6, 6.07) is 0. The van der Waals surface area contributed by atoms with Crippen molar-refractivity contribution in [2.45, 2.75) is 76.6 Å². The molecule has 0 aromatic rings. The number of hydrogen-bond acceptors (Lipinski definition) is 9. The maximum atomic E-state index is 12.7. The minimum Gasteiger partial charge on any atom is -0.371 e. The summed E-state index contributed by atoms with van der Waals surface area (Å²) >= 11 is 1.44. The van der Waals surface area contributed by atoms with E-state index >= 15 is 0 Å². The summed E-state index contributed by atoms with van der Waals surface area (Å²) in [5.41, 5.74) is 0. The number of ether oxygens (including phenoxy) is 1. The molecule has 2 saturated heterocycles. The van der Waals surface area contributed by atoms with Crippen molar-refractivity contribution in [3.63, 3.8) is 0 Å². The fraction of sp³-hybridized carbons (Fsp3) is 0.739. The molecule has 0 spiro atoms. The van der Waals surface area contributed by atoms with Crippen LogP contribution in [-0.4, -0.2) is 75.6 Å². The average Bonchev–Trinajstić information content (AvgIpc) is 3.26. The molecular formula is C23H32N2O8S. The maximum Gasteiger partial charge on any atom is 0.336 e. The van der Waals surface area contributed by atoms with Gasteiger partial charge in [-0.25, -0.2) is 4.79 Å². The zero-order valence-corrected chi connectivity index (χ0v) is 20.5. The van der Waals surface area contributed by atoms with Crippen LogP contribution in [0.1, 0.15) is 65.2 Å². The first-order valence-electron chi connectivity index (χ1n) is 11.8. The van der Waals surface area contributed by atoms with E-state index in [9.17, 15) is 28.8 Å². The van der Waals surface area contributed by atoms with Crippen molar-refractivity contribution in [3.05, 3.63) is 0 Å². The molecule has 0 aromatic carbocycles. The van der Waals surface area contributed by atoms with Crippen LogP contribution in [0.5, 0.6) is 0 Å². The number of ketones is 1. The van der Waals surface area contributed by atoms with Gasteiger partial charge < -0.3 is 9.57 Å². The number of nitrogens with zero attached hydrogens (tertiary/aromatic N) is 2. The Kier molecular flexibility index (Phi) is 9.24. The van der Waals surface area contributed by atoms with E-state index in [4.69, 9.17) is 9.57 Å². The second-order valence-corrected chi connectivity index (χ2v) is 10.4.